The van der Waals surface area contributed by atoms with Crippen LogP contribution in [0.1, 0.15) is 78.1 Å². The Morgan fingerprint density at radius 3 is 2.50 bits per heavy atom. The third kappa shape index (κ3) is 1.71. The van der Waals surface area contributed by atoms with E-state index in [0.717, 1.165) is 24.2 Å². The zero-order chi connectivity index (χ0) is 14.0. The molecule has 0 aromatic heterocycles. The Morgan fingerprint density at radius 2 is 1.65 bits per heavy atom. The number of hydrogen-bond donors (Lipinski definition) is 1. The summed E-state index contributed by atoms with van der Waals surface area (Å²) in [5, 5.41) is 10.6. The Morgan fingerprint density at radius 1 is 0.850 bits per heavy atom. The fourth-order valence-electron chi connectivity index (χ4n) is 7.32. The van der Waals surface area contributed by atoms with Crippen molar-refractivity contribution in [3.05, 3.63) is 0 Å². The van der Waals surface area contributed by atoms with Gasteiger partial charge in [0, 0.05) is 0 Å². The minimum absolute atomic E-state index is 0.0107. The molecule has 0 unspecified atom stereocenters. The second-order valence-electron chi connectivity index (χ2n) is 9.12. The van der Waals surface area contributed by atoms with Crippen molar-refractivity contribution in [2.45, 2.75) is 84.2 Å². The lowest BCUT2D eigenvalue weighted by Crippen LogP contribution is -2.53. The second kappa shape index (κ2) is 4.48. The Balaban J connectivity index is 1.66. The van der Waals surface area contributed by atoms with E-state index in [1.807, 2.05) is 0 Å². The summed E-state index contributed by atoms with van der Waals surface area (Å²) in [5.74, 6) is 3.39. The first-order valence-corrected chi connectivity index (χ1v) is 9.23. The summed E-state index contributed by atoms with van der Waals surface area (Å²) in [4.78, 5) is 0. The van der Waals surface area contributed by atoms with Crippen molar-refractivity contribution >= 4 is 0 Å². The molecule has 0 aromatic carbocycles. The molecule has 4 rings (SSSR count). The number of aliphatic hydroxyl groups excluding tert-OH is 1. The Labute approximate surface area is 124 Å². The number of rotatable bonds is 0. The second-order valence-corrected chi connectivity index (χ2v) is 9.12. The minimum atomic E-state index is 0.0107. The summed E-state index contributed by atoms with van der Waals surface area (Å²) >= 11 is 0. The van der Waals surface area contributed by atoms with Crippen molar-refractivity contribution in [1.29, 1.82) is 0 Å². The highest BCUT2D eigenvalue weighted by Crippen LogP contribution is 2.66. The van der Waals surface area contributed by atoms with E-state index in [9.17, 15) is 5.11 Å². The van der Waals surface area contributed by atoms with Crippen LogP contribution in [0, 0.1) is 34.5 Å². The number of fused-ring (bicyclic) bond motifs is 5. The molecular weight excluding hydrogens is 244 g/mol. The SMILES string of the molecule is C[C@]12CC[C@H](O)[C@H]1[C@@H]1CC[C@H]3CCCC[C@]3(C)[C@H]1CC2. The lowest BCUT2D eigenvalue weighted by atomic mass is 9.45. The van der Waals surface area contributed by atoms with Crippen LogP contribution in [-0.2, 0) is 0 Å². The topological polar surface area (TPSA) is 20.2 Å². The van der Waals surface area contributed by atoms with Gasteiger partial charge in [-0.3, -0.25) is 0 Å². The Kier molecular flexibility index (Phi) is 3.05. The van der Waals surface area contributed by atoms with Gasteiger partial charge in [-0.2, -0.15) is 0 Å². The standard InChI is InChI=1S/C19H32O/c1-18-11-8-15-14(17(18)16(20)9-12-18)7-6-13-5-3-4-10-19(13,15)2/h13-17,20H,3-12H2,1-2H3/t13-,14-,15+,16+,17-,18+,19+/m1/s1. The van der Waals surface area contributed by atoms with Gasteiger partial charge < -0.3 is 5.11 Å². The van der Waals surface area contributed by atoms with Crippen LogP contribution >= 0.6 is 0 Å². The summed E-state index contributed by atoms with van der Waals surface area (Å²) in [6, 6.07) is 0. The monoisotopic (exact) mass is 276 g/mol. The molecule has 0 radical (unpaired) electrons. The van der Waals surface area contributed by atoms with E-state index >= 15 is 0 Å². The normalized spacial score (nSPS) is 58.6. The quantitative estimate of drug-likeness (QED) is 0.675. The van der Waals surface area contributed by atoms with Crippen molar-refractivity contribution in [3.63, 3.8) is 0 Å². The molecule has 4 aliphatic rings. The molecule has 0 saturated heterocycles. The molecular formula is C19H32O. The predicted octanol–water partition coefficient (Wildman–Crippen LogP) is 4.78. The highest BCUT2D eigenvalue weighted by atomic mass is 16.3. The highest BCUT2D eigenvalue weighted by Gasteiger charge is 2.59. The summed E-state index contributed by atoms with van der Waals surface area (Å²) in [5.41, 5.74) is 1.09. The van der Waals surface area contributed by atoms with Gasteiger partial charge in [0.1, 0.15) is 0 Å². The van der Waals surface area contributed by atoms with Gasteiger partial charge in [0.25, 0.3) is 0 Å². The molecule has 114 valence electrons. The molecule has 0 amide bonds. The van der Waals surface area contributed by atoms with Gasteiger partial charge >= 0.3 is 0 Å². The summed E-state index contributed by atoms with van der Waals surface area (Å²) in [6.45, 7) is 5.11. The van der Waals surface area contributed by atoms with Crippen molar-refractivity contribution in [3.8, 4) is 0 Å². The van der Waals surface area contributed by atoms with Crippen molar-refractivity contribution < 1.29 is 5.11 Å². The molecule has 4 saturated carbocycles. The molecule has 0 bridgehead atoms. The molecule has 4 fully saturated rings. The molecule has 20 heavy (non-hydrogen) atoms. The van der Waals surface area contributed by atoms with E-state index in [1.54, 1.807) is 0 Å². The van der Waals surface area contributed by atoms with E-state index in [0.29, 0.717) is 16.7 Å². The van der Waals surface area contributed by atoms with Gasteiger partial charge in [0.05, 0.1) is 6.10 Å². The van der Waals surface area contributed by atoms with Crippen LogP contribution in [0.5, 0.6) is 0 Å². The maximum absolute atomic E-state index is 10.6. The third-order valence-corrected chi connectivity index (χ3v) is 8.38. The molecule has 0 heterocycles. The van der Waals surface area contributed by atoms with Gasteiger partial charge in [-0.25, -0.2) is 0 Å². The van der Waals surface area contributed by atoms with Crippen LogP contribution in [0.15, 0.2) is 0 Å². The third-order valence-electron chi connectivity index (χ3n) is 8.38. The highest BCUT2D eigenvalue weighted by molar-refractivity contribution is 5.08. The van der Waals surface area contributed by atoms with Gasteiger partial charge in [0.15, 0.2) is 0 Å². The van der Waals surface area contributed by atoms with E-state index in [2.05, 4.69) is 13.8 Å². The number of aliphatic hydroxyl groups is 1. The van der Waals surface area contributed by atoms with Gasteiger partial charge in [-0.05, 0) is 85.9 Å². The average molecular weight is 276 g/mol. The van der Waals surface area contributed by atoms with E-state index in [-0.39, 0.29) is 6.10 Å². The lowest BCUT2D eigenvalue weighted by Gasteiger charge is -2.60. The van der Waals surface area contributed by atoms with Crippen LogP contribution in [0.3, 0.4) is 0 Å². The smallest absolute Gasteiger partial charge is 0.0576 e. The summed E-state index contributed by atoms with van der Waals surface area (Å²) in [6.07, 6.45) is 14.0. The van der Waals surface area contributed by atoms with E-state index in [4.69, 9.17) is 0 Å². The van der Waals surface area contributed by atoms with Crippen LogP contribution in [-0.4, -0.2) is 11.2 Å². The van der Waals surface area contributed by atoms with E-state index in [1.165, 1.54) is 57.8 Å². The summed E-state index contributed by atoms with van der Waals surface area (Å²) in [7, 11) is 0. The summed E-state index contributed by atoms with van der Waals surface area (Å²) < 4.78 is 0. The zero-order valence-electron chi connectivity index (χ0n) is 13.4. The van der Waals surface area contributed by atoms with Crippen molar-refractivity contribution in [2.24, 2.45) is 34.5 Å². The maximum Gasteiger partial charge on any atom is 0.0576 e. The lowest BCUT2D eigenvalue weighted by molar-refractivity contribution is -0.122. The van der Waals surface area contributed by atoms with Crippen LogP contribution in [0.4, 0.5) is 0 Å². The number of hydrogen-bond acceptors (Lipinski definition) is 1. The minimum Gasteiger partial charge on any atom is -0.393 e. The largest absolute Gasteiger partial charge is 0.393 e. The first kappa shape index (κ1) is 13.6. The maximum atomic E-state index is 10.6. The Bertz CT molecular complexity index is 391. The predicted molar refractivity (Wildman–Crippen MR) is 82.4 cm³/mol. The van der Waals surface area contributed by atoms with Crippen molar-refractivity contribution in [1.82, 2.24) is 0 Å². The van der Waals surface area contributed by atoms with Crippen LogP contribution < -0.4 is 0 Å². The van der Waals surface area contributed by atoms with Crippen LogP contribution in [0.25, 0.3) is 0 Å². The first-order valence-electron chi connectivity index (χ1n) is 9.23. The van der Waals surface area contributed by atoms with Gasteiger partial charge in [-0.1, -0.05) is 26.7 Å². The fraction of sp³-hybridized carbons (Fsp3) is 1.00. The molecule has 4 aliphatic carbocycles. The molecule has 0 aromatic rings. The molecule has 1 N–H and O–H groups in total. The molecule has 0 spiro atoms. The van der Waals surface area contributed by atoms with Crippen molar-refractivity contribution in [2.75, 3.05) is 0 Å². The first-order chi connectivity index (χ1) is 9.55. The molecule has 1 heteroatoms. The average Bonchev–Trinajstić information content (AvgIpc) is 2.74. The zero-order valence-corrected chi connectivity index (χ0v) is 13.4. The Hall–Kier alpha value is -0.0400. The van der Waals surface area contributed by atoms with Crippen LogP contribution in [0.2, 0.25) is 0 Å². The molecule has 0 aliphatic heterocycles. The molecule has 1 nitrogen and oxygen atoms in total. The molecule has 7 atom stereocenters. The van der Waals surface area contributed by atoms with Gasteiger partial charge in [-0.15, -0.1) is 0 Å². The fourth-order valence-corrected chi connectivity index (χ4v) is 7.32. The van der Waals surface area contributed by atoms with E-state index < -0.39 is 0 Å². The van der Waals surface area contributed by atoms with Gasteiger partial charge in [0.2, 0.25) is 0 Å².